The Balaban J connectivity index is 1.02. The zero-order valence-electron chi connectivity index (χ0n) is 27.2. The number of anilines is 1. The van der Waals surface area contributed by atoms with Gasteiger partial charge in [-0.2, -0.15) is 11.8 Å². The Bertz CT molecular complexity index is 1060. The van der Waals surface area contributed by atoms with E-state index >= 15 is 0 Å². The summed E-state index contributed by atoms with van der Waals surface area (Å²) >= 11 is 1.91. The number of urea groups is 1. The number of unbranched alkanes of at least 4 members (excludes halogenated alkanes) is 7. The van der Waals surface area contributed by atoms with Crippen molar-refractivity contribution < 1.29 is 19.2 Å². The number of para-hydroxylation sites is 1. The summed E-state index contributed by atoms with van der Waals surface area (Å²) in [7, 11) is 0. The molecule has 0 aromatic heterocycles. The van der Waals surface area contributed by atoms with E-state index < -0.39 is 0 Å². The molecule has 0 saturated carbocycles. The van der Waals surface area contributed by atoms with E-state index in [1.807, 2.05) is 23.9 Å². The van der Waals surface area contributed by atoms with Crippen molar-refractivity contribution in [1.82, 2.24) is 26.6 Å². The Hall–Kier alpha value is -2.95. The minimum atomic E-state index is -0.0552. The van der Waals surface area contributed by atoms with Crippen LogP contribution in [0.1, 0.15) is 102 Å². The third kappa shape index (κ3) is 15.3. The molecule has 3 unspecified atom stereocenters. The van der Waals surface area contributed by atoms with Crippen LogP contribution in [-0.2, 0) is 14.4 Å². The van der Waals surface area contributed by atoms with E-state index in [0.29, 0.717) is 37.6 Å². The van der Waals surface area contributed by atoms with Crippen LogP contribution in [0.5, 0.6) is 0 Å². The number of hydrogen-bond donors (Lipinski definition) is 6. The highest BCUT2D eigenvalue weighted by molar-refractivity contribution is 8.00. The average molecular weight is 645 g/mol. The number of thioether (sulfide) groups is 1. The van der Waals surface area contributed by atoms with Crippen LogP contribution in [0, 0.1) is 6.92 Å². The lowest BCUT2D eigenvalue weighted by atomic mass is 10.0. The largest absolute Gasteiger partial charge is 0.385 e. The van der Waals surface area contributed by atoms with Gasteiger partial charge in [-0.15, -0.1) is 0 Å². The van der Waals surface area contributed by atoms with Crippen molar-refractivity contribution in [2.45, 2.75) is 121 Å². The topological polar surface area (TPSA) is 140 Å². The van der Waals surface area contributed by atoms with Gasteiger partial charge in [0.2, 0.25) is 17.7 Å². The van der Waals surface area contributed by atoms with Crippen molar-refractivity contribution >= 4 is 41.2 Å². The predicted octanol–water partition coefficient (Wildman–Crippen LogP) is 4.77. The molecule has 252 valence electrons. The van der Waals surface area contributed by atoms with E-state index in [1.165, 1.54) is 11.3 Å². The van der Waals surface area contributed by atoms with Crippen molar-refractivity contribution in [3.8, 4) is 0 Å². The highest BCUT2D eigenvalue weighted by atomic mass is 32.2. The second kappa shape index (κ2) is 21.7. The van der Waals surface area contributed by atoms with Crippen LogP contribution in [0.25, 0.3) is 0 Å². The van der Waals surface area contributed by atoms with Crippen LogP contribution in [0.2, 0.25) is 0 Å². The summed E-state index contributed by atoms with van der Waals surface area (Å²) in [6, 6.07) is 8.73. The molecule has 3 atom stereocenters. The van der Waals surface area contributed by atoms with E-state index in [0.717, 1.165) is 95.9 Å². The third-order valence-electron chi connectivity index (χ3n) is 8.52. The first-order valence-electron chi connectivity index (χ1n) is 17.2. The third-order valence-corrected chi connectivity index (χ3v) is 10.0. The van der Waals surface area contributed by atoms with Gasteiger partial charge in [0, 0.05) is 62.1 Å². The molecule has 0 spiro atoms. The molecular weight excluding hydrogens is 588 g/mol. The minimum Gasteiger partial charge on any atom is -0.385 e. The predicted molar refractivity (Wildman–Crippen MR) is 183 cm³/mol. The summed E-state index contributed by atoms with van der Waals surface area (Å²) in [4.78, 5) is 47.7. The maximum atomic E-state index is 12.1. The lowest BCUT2D eigenvalue weighted by Gasteiger charge is -2.16. The zero-order chi connectivity index (χ0) is 32.1. The van der Waals surface area contributed by atoms with Crippen LogP contribution in [-0.4, -0.2) is 73.0 Å². The maximum absolute atomic E-state index is 12.1. The van der Waals surface area contributed by atoms with Gasteiger partial charge in [-0.1, -0.05) is 37.5 Å². The summed E-state index contributed by atoms with van der Waals surface area (Å²) in [5, 5.41) is 18.9. The first-order chi connectivity index (χ1) is 21.9. The molecule has 2 aliphatic rings. The van der Waals surface area contributed by atoms with Crippen molar-refractivity contribution in [2.24, 2.45) is 0 Å². The first-order valence-corrected chi connectivity index (χ1v) is 18.3. The van der Waals surface area contributed by atoms with Crippen molar-refractivity contribution in [3.05, 3.63) is 29.8 Å². The molecule has 2 heterocycles. The van der Waals surface area contributed by atoms with Gasteiger partial charge in [-0.25, -0.2) is 4.79 Å². The summed E-state index contributed by atoms with van der Waals surface area (Å²) in [5.74, 6) is 1.25. The molecule has 2 aliphatic heterocycles. The Labute approximate surface area is 274 Å². The van der Waals surface area contributed by atoms with Gasteiger partial charge >= 0.3 is 6.03 Å². The Kier molecular flexibility index (Phi) is 17.6. The molecular formula is C34H56N6O4S. The van der Waals surface area contributed by atoms with Gasteiger partial charge in [0.1, 0.15) is 0 Å². The highest BCUT2D eigenvalue weighted by Crippen LogP contribution is 2.33. The monoisotopic (exact) mass is 644 g/mol. The number of aryl methyl sites for hydroxylation is 1. The fourth-order valence-electron chi connectivity index (χ4n) is 5.82. The Morgan fingerprint density at radius 3 is 1.84 bits per heavy atom. The highest BCUT2D eigenvalue weighted by Gasteiger charge is 2.42. The van der Waals surface area contributed by atoms with Crippen LogP contribution in [0.4, 0.5) is 10.5 Å². The number of rotatable bonds is 24. The molecule has 45 heavy (non-hydrogen) atoms. The Morgan fingerprint density at radius 1 is 0.711 bits per heavy atom. The molecule has 2 fully saturated rings. The van der Waals surface area contributed by atoms with Crippen LogP contribution in [0.15, 0.2) is 24.3 Å². The number of amides is 5. The maximum Gasteiger partial charge on any atom is 0.315 e. The molecule has 11 heteroatoms. The van der Waals surface area contributed by atoms with Crippen molar-refractivity contribution in [1.29, 1.82) is 0 Å². The lowest BCUT2D eigenvalue weighted by Crippen LogP contribution is -2.36. The van der Waals surface area contributed by atoms with Gasteiger partial charge in [0.15, 0.2) is 0 Å². The summed E-state index contributed by atoms with van der Waals surface area (Å²) in [6.45, 7) is 5.09. The van der Waals surface area contributed by atoms with Crippen LogP contribution >= 0.6 is 11.8 Å². The lowest BCUT2D eigenvalue weighted by molar-refractivity contribution is -0.122. The zero-order valence-corrected chi connectivity index (χ0v) is 28.0. The van der Waals surface area contributed by atoms with Gasteiger partial charge in [0.05, 0.1) is 12.1 Å². The van der Waals surface area contributed by atoms with Crippen LogP contribution in [0.3, 0.4) is 0 Å². The number of carbonyl (C=O) groups excluding carboxylic acids is 4. The van der Waals surface area contributed by atoms with Crippen molar-refractivity contribution in [3.63, 3.8) is 0 Å². The second-order valence-electron chi connectivity index (χ2n) is 12.3. The summed E-state index contributed by atoms with van der Waals surface area (Å²) < 4.78 is 0. The van der Waals surface area contributed by atoms with E-state index in [4.69, 9.17) is 0 Å². The van der Waals surface area contributed by atoms with Crippen molar-refractivity contribution in [2.75, 3.05) is 37.2 Å². The molecule has 3 rings (SSSR count). The second-order valence-corrected chi connectivity index (χ2v) is 13.6. The number of hydrogen-bond acceptors (Lipinski definition) is 6. The molecule has 0 bridgehead atoms. The fourth-order valence-corrected chi connectivity index (χ4v) is 7.36. The Morgan fingerprint density at radius 2 is 1.24 bits per heavy atom. The number of carbonyl (C=O) groups is 4. The smallest absolute Gasteiger partial charge is 0.315 e. The number of fused-ring (bicyclic) bond motifs is 1. The molecule has 1 aromatic rings. The molecule has 0 radical (unpaired) electrons. The van der Waals surface area contributed by atoms with E-state index in [2.05, 4.69) is 51.0 Å². The molecule has 6 N–H and O–H groups in total. The molecule has 5 amide bonds. The number of benzene rings is 1. The number of nitrogens with one attached hydrogen (secondary N) is 6. The normalized spacial score (nSPS) is 18.5. The minimum absolute atomic E-state index is 0.0552. The summed E-state index contributed by atoms with van der Waals surface area (Å²) in [5.41, 5.74) is 2.45. The average Bonchev–Trinajstić information content (AvgIpc) is 3.58. The SMILES string of the molecule is Cc1ccccc1NCCCCCNC(=O)CCCCCNC(=O)CCCCCNC(=O)CCCCC1SCC2NC(=O)NC21. The van der Waals surface area contributed by atoms with Gasteiger partial charge < -0.3 is 31.9 Å². The molecule has 2 saturated heterocycles. The summed E-state index contributed by atoms with van der Waals surface area (Å²) in [6.07, 6.45) is 12.9. The molecule has 10 nitrogen and oxygen atoms in total. The molecule has 0 aliphatic carbocycles. The molecule has 1 aromatic carbocycles. The van der Waals surface area contributed by atoms with E-state index in [1.54, 1.807) is 0 Å². The first kappa shape index (κ1) is 36.5. The van der Waals surface area contributed by atoms with Gasteiger partial charge in [-0.05, 0) is 76.3 Å². The van der Waals surface area contributed by atoms with E-state index in [9.17, 15) is 19.2 Å². The standard InChI is InChI=1S/C34H56N6O4S/c1-26-15-7-8-16-27(26)35-21-13-4-14-24-38-31(42)19-6-2-11-22-36-30(41)18-5-3-12-23-37-32(43)20-10-9-17-29-33-28(25-45-29)39-34(44)40-33/h7-8,15-16,28-29,33,35H,2-6,9-14,17-25H2,1H3,(H,36,41)(H,37,43)(H,38,42)(H2,39,40,44). The quantitative estimate of drug-likeness (QED) is 0.0708. The fraction of sp³-hybridized carbons (Fsp3) is 0.706. The van der Waals surface area contributed by atoms with E-state index in [-0.39, 0.29) is 35.8 Å². The van der Waals surface area contributed by atoms with Crippen LogP contribution < -0.4 is 31.9 Å². The van der Waals surface area contributed by atoms with Gasteiger partial charge in [-0.3, -0.25) is 14.4 Å². The van der Waals surface area contributed by atoms with Gasteiger partial charge in [0.25, 0.3) is 0 Å².